The van der Waals surface area contributed by atoms with Gasteiger partial charge >= 0.3 is 0 Å². The van der Waals surface area contributed by atoms with Gasteiger partial charge in [-0.1, -0.05) is 84.3 Å². The standard InChI is InChI=1S/2C8H14ClNS2/c2*1-4-10(5-2)8(11)12-6-7(3)9/h2*3-6H2,1-2H3. The van der Waals surface area contributed by atoms with E-state index in [1.165, 1.54) is 0 Å². The van der Waals surface area contributed by atoms with Gasteiger partial charge in [-0.3, -0.25) is 0 Å². The van der Waals surface area contributed by atoms with E-state index in [1.807, 2.05) is 0 Å². The van der Waals surface area contributed by atoms with Crippen LogP contribution in [0, 0.1) is 0 Å². The average molecular weight is 448 g/mol. The topological polar surface area (TPSA) is 6.48 Å². The van der Waals surface area contributed by atoms with Gasteiger partial charge in [0.15, 0.2) is 0 Å². The normalized spacial score (nSPS) is 9.58. The van der Waals surface area contributed by atoms with Crippen LogP contribution in [-0.4, -0.2) is 56.1 Å². The van der Waals surface area contributed by atoms with Crippen molar-refractivity contribution in [3.63, 3.8) is 0 Å². The predicted octanol–water partition coefficient (Wildman–Crippen LogP) is 6.20. The molecule has 0 heterocycles. The first-order valence-electron chi connectivity index (χ1n) is 7.73. The molecule has 2 nitrogen and oxygen atoms in total. The van der Waals surface area contributed by atoms with Crippen LogP contribution in [0.5, 0.6) is 0 Å². The van der Waals surface area contributed by atoms with Crippen LogP contribution in [0.3, 0.4) is 0 Å². The molecule has 0 saturated carbocycles. The van der Waals surface area contributed by atoms with E-state index in [0.29, 0.717) is 21.6 Å². The SMILES string of the molecule is C=C(Cl)CSC(=S)N(CC)CC.C=C(Cl)CSC(=S)N(CC)CC. The van der Waals surface area contributed by atoms with Crippen molar-refractivity contribution >= 4 is 79.8 Å². The van der Waals surface area contributed by atoms with Crippen molar-refractivity contribution < 1.29 is 0 Å². The zero-order chi connectivity index (χ0) is 19.1. The smallest absolute Gasteiger partial charge is 0.136 e. The Morgan fingerprint density at radius 1 is 0.750 bits per heavy atom. The molecule has 0 fully saturated rings. The minimum atomic E-state index is 0.648. The van der Waals surface area contributed by atoms with E-state index in [9.17, 15) is 0 Å². The lowest BCUT2D eigenvalue weighted by Gasteiger charge is -2.20. The first-order valence-corrected chi connectivity index (χ1v) is 11.3. The predicted molar refractivity (Wildman–Crippen MR) is 126 cm³/mol. The summed E-state index contributed by atoms with van der Waals surface area (Å²) in [5.41, 5.74) is 0. The Morgan fingerprint density at radius 3 is 1.17 bits per heavy atom. The quantitative estimate of drug-likeness (QED) is 0.406. The number of nitrogens with zero attached hydrogens (tertiary/aromatic N) is 2. The van der Waals surface area contributed by atoms with Gasteiger partial charge in [-0.2, -0.15) is 0 Å². The molecular weight excluding hydrogens is 419 g/mol. The Labute approximate surface area is 177 Å². The summed E-state index contributed by atoms with van der Waals surface area (Å²) in [6, 6.07) is 0. The highest BCUT2D eigenvalue weighted by molar-refractivity contribution is 8.23. The molecule has 0 radical (unpaired) electrons. The second-order valence-corrected chi connectivity index (χ2v) is 8.78. The lowest BCUT2D eigenvalue weighted by atomic mass is 10.6. The van der Waals surface area contributed by atoms with Crippen LogP contribution in [0.2, 0.25) is 0 Å². The molecule has 0 aliphatic rings. The molecule has 0 N–H and O–H groups in total. The van der Waals surface area contributed by atoms with Gasteiger partial charge in [-0.05, 0) is 27.7 Å². The molecule has 0 aromatic heterocycles. The molecule has 24 heavy (non-hydrogen) atoms. The van der Waals surface area contributed by atoms with E-state index in [4.69, 9.17) is 47.6 Å². The van der Waals surface area contributed by atoms with Gasteiger partial charge in [-0.25, -0.2) is 0 Å². The number of hydrogen-bond acceptors (Lipinski definition) is 4. The molecule has 0 saturated heterocycles. The average Bonchev–Trinajstić information content (AvgIpc) is 2.53. The zero-order valence-electron chi connectivity index (χ0n) is 14.9. The molecule has 0 spiro atoms. The van der Waals surface area contributed by atoms with Gasteiger partial charge in [0, 0.05) is 47.7 Å². The Morgan fingerprint density at radius 2 is 1.00 bits per heavy atom. The summed E-state index contributed by atoms with van der Waals surface area (Å²) in [4.78, 5) is 4.25. The summed E-state index contributed by atoms with van der Waals surface area (Å²) in [5.74, 6) is 1.41. The van der Waals surface area contributed by atoms with Crippen LogP contribution in [0.15, 0.2) is 23.2 Å². The highest BCUT2D eigenvalue weighted by Gasteiger charge is 2.05. The fraction of sp³-hybridized carbons (Fsp3) is 0.625. The van der Waals surface area contributed by atoms with Gasteiger partial charge in [-0.15, -0.1) is 0 Å². The van der Waals surface area contributed by atoms with E-state index in [-0.39, 0.29) is 0 Å². The van der Waals surface area contributed by atoms with Crippen molar-refractivity contribution in [2.45, 2.75) is 27.7 Å². The summed E-state index contributed by atoms with van der Waals surface area (Å²) in [5, 5.41) is 1.30. The molecule has 0 amide bonds. The first kappa shape index (κ1) is 26.8. The van der Waals surface area contributed by atoms with E-state index in [0.717, 1.165) is 34.8 Å². The lowest BCUT2D eigenvalue weighted by molar-refractivity contribution is 0.482. The number of thiocarbonyl (C=S) groups is 2. The minimum Gasteiger partial charge on any atom is -0.358 e. The largest absolute Gasteiger partial charge is 0.358 e. The zero-order valence-corrected chi connectivity index (χ0v) is 19.7. The maximum Gasteiger partial charge on any atom is 0.136 e. The van der Waals surface area contributed by atoms with E-state index in [1.54, 1.807) is 23.5 Å². The van der Waals surface area contributed by atoms with Crippen LogP contribution in [0.25, 0.3) is 0 Å². The minimum absolute atomic E-state index is 0.648. The molecule has 0 rings (SSSR count). The van der Waals surface area contributed by atoms with Crippen LogP contribution in [0.1, 0.15) is 27.7 Å². The molecule has 0 unspecified atom stereocenters. The molecule has 0 aliphatic heterocycles. The molecule has 0 aromatic carbocycles. The molecule has 8 heteroatoms. The molecule has 140 valence electrons. The number of hydrogen-bond donors (Lipinski definition) is 0. The second kappa shape index (κ2) is 17.0. The van der Waals surface area contributed by atoms with E-state index in [2.05, 4.69) is 50.7 Å². The number of thioether (sulfide) groups is 2. The number of halogens is 2. The van der Waals surface area contributed by atoms with Gasteiger partial charge in [0.25, 0.3) is 0 Å². The number of rotatable bonds is 8. The van der Waals surface area contributed by atoms with Crippen molar-refractivity contribution in [1.29, 1.82) is 0 Å². The van der Waals surface area contributed by atoms with Gasteiger partial charge < -0.3 is 9.80 Å². The van der Waals surface area contributed by atoms with Crippen LogP contribution in [0.4, 0.5) is 0 Å². The van der Waals surface area contributed by atoms with E-state index >= 15 is 0 Å². The highest BCUT2D eigenvalue weighted by atomic mass is 35.5. The Hall–Kier alpha value is 0.540. The molecule has 0 aliphatic carbocycles. The molecule has 0 aromatic rings. The summed E-state index contributed by atoms with van der Waals surface area (Å²) >= 11 is 24.7. The fourth-order valence-electron chi connectivity index (χ4n) is 1.43. The maximum atomic E-state index is 5.62. The van der Waals surface area contributed by atoms with Crippen molar-refractivity contribution in [3.05, 3.63) is 23.2 Å². The fourth-order valence-corrected chi connectivity index (χ4v) is 4.07. The second-order valence-electron chi connectivity index (χ2n) is 4.49. The Kier molecular flexibility index (Phi) is 18.9. The third kappa shape index (κ3) is 14.8. The summed E-state index contributed by atoms with van der Waals surface area (Å²) in [6.45, 7) is 19.4. The lowest BCUT2D eigenvalue weighted by Crippen LogP contribution is -2.26. The van der Waals surface area contributed by atoms with Crippen LogP contribution < -0.4 is 0 Å². The van der Waals surface area contributed by atoms with Crippen LogP contribution in [-0.2, 0) is 0 Å². The van der Waals surface area contributed by atoms with Crippen molar-refractivity contribution in [3.8, 4) is 0 Å². The van der Waals surface area contributed by atoms with Crippen LogP contribution >= 0.6 is 71.2 Å². The third-order valence-corrected chi connectivity index (χ3v) is 6.55. The van der Waals surface area contributed by atoms with E-state index < -0.39 is 0 Å². The molecular formula is C16H28Cl2N2S4. The maximum absolute atomic E-state index is 5.62. The molecule has 0 bridgehead atoms. The van der Waals surface area contributed by atoms with Crippen molar-refractivity contribution in [2.24, 2.45) is 0 Å². The van der Waals surface area contributed by atoms with Crippen molar-refractivity contribution in [2.75, 3.05) is 37.7 Å². The summed E-state index contributed by atoms with van der Waals surface area (Å²) < 4.78 is 1.81. The van der Waals surface area contributed by atoms with Gasteiger partial charge in [0.1, 0.15) is 8.64 Å². The third-order valence-electron chi connectivity index (χ3n) is 2.75. The first-order chi connectivity index (χ1) is 11.2. The monoisotopic (exact) mass is 446 g/mol. The Bertz CT molecular complexity index is 371. The molecule has 0 atom stereocenters. The van der Waals surface area contributed by atoms with Gasteiger partial charge in [0.05, 0.1) is 0 Å². The van der Waals surface area contributed by atoms with Crippen molar-refractivity contribution in [1.82, 2.24) is 9.80 Å². The Balaban J connectivity index is 0. The summed E-state index contributed by atoms with van der Waals surface area (Å²) in [7, 11) is 0. The summed E-state index contributed by atoms with van der Waals surface area (Å²) in [6.07, 6.45) is 0. The highest BCUT2D eigenvalue weighted by Crippen LogP contribution is 2.15. The van der Waals surface area contributed by atoms with Gasteiger partial charge in [0.2, 0.25) is 0 Å².